The predicted octanol–water partition coefficient (Wildman–Crippen LogP) is 2.29. The summed E-state index contributed by atoms with van der Waals surface area (Å²) in [4.78, 5) is 14.3. The monoisotopic (exact) mass is 343 g/mol. The third-order valence-electron chi connectivity index (χ3n) is 4.50. The second-order valence-electron chi connectivity index (χ2n) is 6.37. The van der Waals surface area contributed by atoms with Gasteiger partial charge < -0.3 is 20.7 Å². The smallest absolute Gasteiger partial charge is 0.407 e. The van der Waals surface area contributed by atoms with Gasteiger partial charge in [-0.25, -0.2) is 4.79 Å². The van der Waals surface area contributed by atoms with Crippen molar-refractivity contribution in [2.45, 2.75) is 31.9 Å². The Morgan fingerprint density at radius 2 is 2.12 bits per heavy atom. The fourth-order valence-electron chi connectivity index (χ4n) is 3.22. The Bertz CT molecular complexity index is 681. The van der Waals surface area contributed by atoms with Crippen LogP contribution in [-0.4, -0.2) is 35.0 Å². The average Bonchev–Trinajstić information content (AvgIpc) is 2.81. The highest BCUT2D eigenvalue weighted by Crippen LogP contribution is 2.24. The lowest BCUT2D eigenvalue weighted by Crippen LogP contribution is -2.36. The number of anilines is 2. The molecule has 0 bridgehead atoms. The molecular formula is C18H25N5O2. The van der Waals surface area contributed by atoms with Crippen molar-refractivity contribution >= 4 is 17.6 Å². The molecule has 1 fully saturated rings. The van der Waals surface area contributed by atoms with Crippen LogP contribution in [-0.2, 0) is 18.4 Å². The van der Waals surface area contributed by atoms with Crippen LogP contribution in [0, 0.1) is 0 Å². The number of carbonyl (C=O) groups is 1. The largest absolute Gasteiger partial charge is 0.445 e. The molecule has 3 rings (SSSR count). The third-order valence-corrected chi connectivity index (χ3v) is 4.50. The minimum atomic E-state index is -0.359. The summed E-state index contributed by atoms with van der Waals surface area (Å²) in [7, 11) is 1.90. The molecular weight excluding hydrogens is 318 g/mol. The van der Waals surface area contributed by atoms with Crippen molar-refractivity contribution in [2.75, 3.05) is 23.7 Å². The van der Waals surface area contributed by atoms with E-state index in [-0.39, 0.29) is 18.7 Å². The zero-order chi connectivity index (χ0) is 17.6. The minimum Gasteiger partial charge on any atom is -0.445 e. The van der Waals surface area contributed by atoms with Crippen LogP contribution in [0.1, 0.15) is 24.8 Å². The number of amides is 1. The van der Waals surface area contributed by atoms with Crippen LogP contribution >= 0.6 is 0 Å². The van der Waals surface area contributed by atoms with Crippen molar-refractivity contribution < 1.29 is 9.53 Å². The topological polar surface area (TPSA) is 85.4 Å². The number of alkyl carbamates (subject to hydrolysis) is 1. The van der Waals surface area contributed by atoms with Gasteiger partial charge in [0.15, 0.2) is 0 Å². The van der Waals surface area contributed by atoms with E-state index in [0.29, 0.717) is 5.69 Å². The van der Waals surface area contributed by atoms with Gasteiger partial charge in [0, 0.05) is 26.2 Å². The van der Waals surface area contributed by atoms with Gasteiger partial charge in [0.2, 0.25) is 0 Å². The number of carbonyl (C=O) groups excluding carboxylic acids is 1. The van der Waals surface area contributed by atoms with Crippen LogP contribution in [0.15, 0.2) is 36.5 Å². The van der Waals surface area contributed by atoms with E-state index in [1.807, 2.05) is 37.4 Å². The van der Waals surface area contributed by atoms with Gasteiger partial charge in [-0.1, -0.05) is 30.3 Å². The number of nitrogens with zero attached hydrogens (tertiary/aromatic N) is 3. The fourth-order valence-corrected chi connectivity index (χ4v) is 3.22. The van der Waals surface area contributed by atoms with Crippen molar-refractivity contribution in [3.63, 3.8) is 0 Å². The molecule has 7 heteroatoms. The van der Waals surface area contributed by atoms with Gasteiger partial charge in [0.25, 0.3) is 0 Å². The molecule has 0 saturated carbocycles. The number of aromatic nitrogens is 2. The maximum atomic E-state index is 12.0. The van der Waals surface area contributed by atoms with Crippen molar-refractivity contribution in [3.05, 3.63) is 42.1 Å². The Kier molecular flexibility index (Phi) is 5.42. The third kappa shape index (κ3) is 4.43. The molecule has 1 unspecified atom stereocenters. The van der Waals surface area contributed by atoms with Gasteiger partial charge in [-0.2, -0.15) is 5.10 Å². The van der Waals surface area contributed by atoms with Crippen LogP contribution in [0.5, 0.6) is 0 Å². The van der Waals surface area contributed by atoms with Crippen molar-refractivity contribution in [2.24, 2.45) is 7.05 Å². The van der Waals surface area contributed by atoms with E-state index in [0.717, 1.165) is 43.7 Å². The van der Waals surface area contributed by atoms with E-state index in [1.54, 1.807) is 10.9 Å². The zero-order valence-electron chi connectivity index (χ0n) is 14.5. The lowest BCUT2D eigenvalue weighted by molar-refractivity contribution is 0.135. The molecule has 2 aromatic rings. The first kappa shape index (κ1) is 17.1. The van der Waals surface area contributed by atoms with E-state index >= 15 is 0 Å². The van der Waals surface area contributed by atoms with Gasteiger partial charge in [0.05, 0.1) is 11.9 Å². The number of hydrogen-bond donors (Lipinski definition) is 2. The Morgan fingerprint density at radius 1 is 1.32 bits per heavy atom. The van der Waals surface area contributed by atoms with Crippen molar-refractivity contribution in [3.8, 4) is 0 Å². The SMILES string of the molecule is Cn1ncc(N)c1N1CCCC(NC(=O)OCc2ccccc2)CC1. The molecule has 3 N–H and O–H groups in total. The number of ether oxygens (including phenoxy) is 1. The molecule has 0 aliphatic carbocycles. The lowest BCUT2D eigenvalue weighted by Gasteiger charge is -2.23. The highest BCUT2D eigenvalue weighted by Gasteiger charge is 2.22. The maximum absolute atomic E-state index is 12.0. The molecule has 2 heterocycles. The van der Waals surface area contributed by atoms with Gasteiger partial charge in [-0.15, -0.1) is 0 Å². The molecule has 1 aliphatic heterocycles. The van der Waals surface area contributed by atoms with E-state index in [1.165, 1.54) is 0 Å². The number of nitrogens with one attached hydrogen (secondary N) is 1. The molecule has 1 saturated heterocycles. The van der Waals surface area contributed by atoms with Crippen LogP contribution in [0.3, 0.4) is 0 Å². The van der Waals surface area contributed by atoms with E-state index in [9.17, 15) is 4.79 Å². The zero-order valence-corrected chi connectivity index (χ0v) is 14.5. The fraction of sp³-hybridized carbons (Fsp3) is 0.444. The van der Waals surface area contributed by atoms with Gasteiger partial charge >= 0.3 is 6.09 Å². The summed E-state index contributed by atoms with van der Waals surface area (Å²) in [5, 5.41) is 7.19. The Morgan fingerprint density at radius 3 is 2.84 bits per heavy atom. The number of hydrogen-bond acceptors (Lipinski definition) is 5. The minimum absolute atomic E-state index is 0.114. The molecule has 1 amide bonds. The first-order valence-electron chi connectivity index (χ1n) is 8.63. The maximum Gasteiger partial charge on any atom is 0.407 e. The van der Waals surface area contributed by atoms with Gasteiger partial charge in [0.1, 0.15) is 12.4 Å². The molecule has 1 aromatic heterocycles. The van der Waals surface area contributed by atoms with Crippen molar-refractivity contribution in [1.82, 2.24) is 15.1 Å². The van der Waals surface area contributed by atoms with E-state index in [4.69, 9.17) is 10.5 Å². The van der Waals surface area contributed by atoms with E-state index < -0.39 is 0 Å². The van der Waals surface area contributed by atoms with Gasteiger partial charge in [-0.05, 0) is 24.8 Å². The molecule has 1 aliphatic rings. The Balaban J connectivity index is 1.49. The van der Waals surface area contributed by atoms with Crippen LogP contribution in [0.4, 0.5) is 16.3 Å². The summed E-state index contributed by atoms with van der Waals surface area (Å²) in [6, 6.07) is 9.80. The number of nitrogen functional groups attached to an aromatic ring is 1. The van der Waals surface area contributed by atoms with Crippen LogP contribution < -0.4 is 16.0 Å². The lowest BCUT2D eigenvalue weighted by atomic mass is 10.1. The van der Waals surface area contributed by atoms with E-state index in [2.05, 4.69) is 15.3 Å². The molecule has 1 aromatic carbocycles. The summed E-state index contributed by atoms with van der Waals surface area (Å²) in [5.74, 6) is 0.951. The van der Waals surface area contributed by atoms with Crippen LogP contribution in [0.2, 0.25) is 0 Å². The summed E-state index contributed by atoms with van der Waals surface area (Å²) < 4.78 is 7.11. The predicted molar refractivity (Wildman–Crippen MR) is 97.2 cm³/mol. The molecule has 134 valence electrons. The second-order valence-corrected chi connectivity index (χ2v) is 6.37. The Hall–Kier alpha value is -2.70. The summed E-state index contributed by atoms with van der Waals surface area (Å²) in [6.07, 6.45) is 4.08. The van der Waals surface area contributed by atoms with Crippen molar-refractivity contribution in [1.29, 1.82) is 0 Å². The molecule has 7 nitrogen and oxygen atoms in total. The van der Waals surface area contributed by atoms with Crippen LogP contribution in [0.25, 0.3) is 0 Å². The first-order valence-corrected chi connectivity index (χ1v) is 8.63. The average molecular weight is 343 g/mol. The van der Waals surface area contributed by atoms with Gasteiger partial charge in [-0.3, -0.25) is 4.68 Å². The molecule has 0 radical (unpaired) electrons. The Labute approximate surface area is 147 Å². The molecule has 1 atom stereocenters. The summed E-state index contributed by atoms with van der Waals surface area (Å²) in [6.45, 7) is 2.02. The molecule has 0 spiro atoms. The highest BCUT2D eigenvalue weighted by molar-refractivity contribution is 5.67. The second kappa shape index (κ2) is 7.92. The standard InChI is InChI=1S/C18H25N5O2/c1-22-17(16(19)12-20-22)23-10-5-8-15(9-11-23)21-18(24)25-13-14-6-3-2-4-7-14/h2-4,6-7,12,15H,5,8-11,13,19H2,1H3,(H,21,24). The summed E-state index contributed by atoms with van der Waals surface area (Å²) in [5.41, 5.74) is 7.69. The quantitative estimate of drug-likeness (QED) is 0.890. The molecule has 25 heavy (non-hydrogen) atoms. The number of aryl methyl sites for hydroxylation is 1. The summed E-state index contributed by atoms with van der Waals surface area (Å²) >= 11 is 0. The number of nitrogens with two attached hydrogens (primary N) is 1. The number of rotatable bonds is 4. The highest BCUT2D eigenvalue weighted by atomic mass is 16.5. The first-order chi connectivity index (χ1) is 12.1. The number of benzene rings is 1. The normalized spacial score (nSPS) is 17.8.